The molecule has 1 aliphatic heterocycles. The third-order valence-electron chi connectivity index (χ3n) is 5.94. The second-order valence-corrected chi connectivity index (χ2v) is 8.18. The number of morpholine rings is 1. The Balaban J connectivity index is 1.81. The molecule has 1 fully saturated rings. The summed E-state index contributed by atoms with van der Waals surface area (Å²) in [6.45, 7) is 9.25. The first kappa shape index (κ1) is 25.5. The molecule has 3 rings (SSSR count). The smallest absolute Gasteiger partial charge is 0.355 e. The van der Waals surface area contributed by atoms with Crippen LogP contribution in [0.1, 0.15) is 49.4 Å². The minimum atomic E-state index is -0.499. The number of carbonyl (C=O) groups is 3. The first-order valence-corrected chi connectivity index (χ1v) is 11.5. The van der Waals surface area contributed by atoms with Crippen LogP contribution >= 0.6 is 0 Å². The third-order valence-corrected chi connectivity index (χ3v) is 5.94. The van der Waals surface area contributed by atoms with Gasteiger partial charge in [0.25, 0.3) is 5.91 Å². The molecule has 1 aromatic heterocycles. The number of nitrogens with one attached hydrogen (secondary N) is 1. The lowest BCUT2D eigenvalue weighted by Crippen LogP contribution is -2.44. The van der Waals surface area contributed by atoms with Crippen LogP contribution in [0, 0.1) is 13.8 Å². The van der Waals surface area contributed by atoms with Gasteiger partial charge in [-0.1, -0.05) is 0 Å². The van der Waals surface area contributed by atoms with E-state index in [0.717, 1.165) is 13.1 Å². The van der Waals surface area contributed by atoms with Crippen LogP contribution in [-0.2, 0) is 9.47 Å². The SMILES string of the molecule is CCOC(=O)c1[nH]c(C)c(C(=O)CN(CCN2CCOCC2)C(=O)c2ccc(OC)cc2)c1C. The number of methoxy groups -OCH3 is 1. The number of H-pyrrole nitrogens is 1. The van der Waals surface area contributed by atoms with Crippen LogP contribution in [0.5, 0.6) is 5.75 Å². The summed E-state index contributed by atoms with van der Waals surface area (Å²) in [5, 5.41) is 0. The van der Waals surface area contributed by atoms with Crippen molar-refractivity contribution in [2.24, 2.45) is 0 Å². The van der Waals surface area contributed by atoms with Gasteiger partial charge in [0.1, 0.15) is 11.4 Å². The molecule has 1 saturated heterocycles. The molecule has 0 radical (unpaired) electrons. The van der Waals surface area contributed by atoms with E-state index in [2.05, 4.69) is 9.88 Å². The summed E-state index contributed by atoms with van der Waals surface area (Å²) in [5.41, 5.74) is 2.28. The minimum Gasteiger partial charge on any atom is -0.497 e. The maximum atomic E-state index is 13.4. The van der Waals surface area contributed by atoms with Crippen LogP contribution in [0.2, 0.25) is 0 Å². The Kier molecular flexibility index (Phi) is 8.84. The predicted molar refractivity (Wildman–Crippen MR) is 127 cm³/mol. The van der Waals surface area contributed by atoms with E-state index in [9.17, 15) is 14.4 Å². The monoisotopic (exact) mass is 471 g/mol. The van der Waals surface area contributed by atoms with E-state index in [1.165, 1.54) is 0 Å². The van der Waals surface area contributed by atoms with Crippen LogP contribution in [0.15, 0.2) is 24.3 Å². The zero-order chi connectivity index (χ0) is 24.7. The molecule has 1 N–H and O–H groups in total. The van der Waals surface area contributed by atoms with Gasteiger partial charge in [-0.2, -0.15) is 0 Å². The average molecular weight is 472 g/mol. The molecule has 34 heavy (non-hydrogen) atoms. The topological polar surface area (TPSA) is 101 Å². The molecule has 0 bridgehead atoms. The Labute approximate surface area is 200 Å². The first-order chi connectivity index (χ1) is 16.3. The van der Waals surface area contributed by atoms with Gasteiger partial charge in [-0.05, 0) is 50.6 Å². The van der Waals surface area contributed by atoms with E-state index in [1.54, 1.807) is 57.0 Å². The van der Waals surface area contributed by atoms with Crippen LogP contribution in [-0.4, -0.2) is 92.1 Å². The molecule has 0 spiro atoms. The molecular formula is C25H33N3O6. The fraction of sp³-hybridized carbons (Fsp3) is 0.480. The van der Waals surface area contributed by atoms with Crippen molar-refractivity contribution < 1.29 is 28.6 Å². The summed E-state index contributed by atoms with van der Waals surface area (Å²) < 4.78 is 15.7. The molecule has 0 unspecified atom stereocenters. The summed E-state index contributed by atoms with van der Waals surface area (Å²) in [5.74, 6) is -0.315. The number of esters is 1. The second kappa shape index (κ2) is 11.8. The van der Waals surface area contributed by atoms with Gasteiger partial charge in [0.2, 0.25) is 0 Å². The van der Waals surface area contributed by atoms with Crippen molar-refractivity contribution in [3.63, 3.8) is 0 Å². The van der Waals surface area contributed by atoms with Crippen molar-refractivity contribution in [2.75, 3.05) is 59.7 Å². The molecule has 2 heterocycles. The van der Waals surface area contributed by atoms with Crippen molar-refractivity contribution >= 4 is 17.7 Å². The van der Waals surface area contributed by atoms with E-state index in [4.69, 9.17) is 14.2 Å². The Hall–Kier alpha value is -3.17. The number of amides is 1. The quantitative estimate of drug-likeness (QED) is 0.420. The molecule has 9 heteroatoms. The fourth-order valence-electron chi connectivity index (χ4n) is 4.08. The van der Waals surface area contributed by atoms with Gasteiger partial charge in [-0.3, -0.25) is 14.5 Å². The van der Waals surface area contributed by atoms with Gasteiger partial charge >= 0.3 is 5.97 Å². The van der Waals surface area contributed by atoms with E-state index in [0.29, 0.717) is 54.4 Å². The molecule has 0 atom stereocenters. The Morgan fingerprint density at radius 3 is 2.41 bits per heavy atom. The standard InChI is InChI=1S/C25H33N3O6/c1-5-34-25(31)23-17(2)22(18(3)26-23)21(29)16-28(11-10-27-12-14-33-15-13-27)24(30)19-6-8-20(32-4)9-7-19/h6-9,26H,5,10-16H2,1-4H3. The number of aromatic nitrogens is 1. The normalized spacial score (nSPS) is 14.0. The minimum absolute atomic E-state index is 0.100. The maximum Gasteiger partial charge on any atom is 0.355 e. The lowest BCUT2D eigenvalue weighted by molar-refractivity contribution is 0.0323. The average Bonchev–Trinajstić information content (AvgIpc) is 3.16. The van der Waals surface area contributed by atoms with E-state index >= 15 is 0 Å². The van der Waals surface area contributed by atoms with Crippen molar-refractivity contribution in [2.45, 2.75) is 20.8 Å². The highest BCUT2D eigenvalue weighted by Gasteiger charge is 2.26. The Morgan fingerprint density at radius 2 is 1.79 bits per heavy atom. The number of ketones is 1. The number of Topliss-reactive ketones (excluding diaryl/α,β-unsaturated/α-hetero) is 1. The van der Waals surface area contributed by atoms with Gasteiger partial charge in [0.15, 0.2) is 5.78 Å². The Morgan fingerprint density at radius 1 is 1.12 bits per heavy atom. The van der Waals surface area contributed by atoms with Gasteiger partial charge in [0.05, 0.1) is 33.5 Å². The highest BCUT2D eigenvalue weighted by atomic mass is 16.5. The van der Waals surface area contributed by atoms with Gasteiger partial charge < -0.3 is 24.1 Å². The number of carbonyl (C=O) groups excluding carboxylic acids is 3. The molecule has 0 aliphatic carbocycles. The highest BCUT2D eigenvalue weighted by molar-refractivity contribution is 6.05. The molecule has 184 valence electrons. The zero-order valence-corrected chi connectivity index (χ0v) is 20.3. The van der Waals surface area contributed by atoms with Crippen LogP contribution < -0.4 is 4.74 Å². The summed E-state index contributed by atoms with van der Waals surface area (Å²) in [6, 6.07) is 6.83. The van der Waals surface area contributed by atoms with Crippen LogP contribution in [0.3, 0.4) is 0 Å². The summed E-state index contributed by atoms with van der Waals surface area (Å²) in [7, 11) is 1.57. The third kappa shape index (κ3) is 6.03. The summed E-state index contributed by atoms with van der Waals surface area (Å²) in [6.07, 6.45) is 0. The summed E-state index contributed by atoms with van der Waals surface area (Å²) in [4.78, 5) is 45.7. The number of rotatable bonds is 10. The molecule has 0 saturated carbocycles. The van der Waals surface area contributed by atoms with Crippen LogP contribution in [0.4, 0.5) is 0 Å². The zero-order valence-electron chi connectivity index (χ0n) is 20.3. The molecular weight excluding hydrogens is 438 g/mol. The molecule has 1 aromatic carbocycles. The fourth-order valence-corrected chi connectivity index (χ4v) is 4.08. The van der Waals surface area contributed by atoms with E-state index in [1.807, 2.05) is 0 Å². The van der Waals surface area contributed by atoms with Gasteiger partial charge in [0, 0.05) is 43.0 Å². The van der Waals surface area contributed by atoms with E-state index in [-0.39, 0.29) is 30.5 Å². The second-order valence-electron chi connectivity index (χ2n) is 8.18. The van der Waals surface area contributed by atoms with Crippen LogP contribution in [0.25, 0.3) is 0 Å². The molecule has 2 aromatic rings. The van der Waals surface area contributed by atoms with Gasteiger partial charge in [-0.15, -0.1) is 0 Å². The van der Waals surface area contributed by atoms with E-state index < -0.39 is 5.97 Å². The lowest BCUT2D eigenvalue weighted by Gasteiger charge is -2.30. The number of hydrogen-bond acceptors (Lipinski definition) is 7. The number of aryl methyl sites for hydroxylation is 1. The van der Waals surface area contributed by atoms with Crippen molar-refractivity contribution in [1.82, 2.24) is 14.8 Å². The van der Waals surface area contributed by atoms with Crippen molar-refractivity contribution in [1.29, 1.82) is 0 Å². The maximum absolute atomic E-state index is 13.4. The predicted octanol–water partition coefficient (Wildman–Crippen LogP) is 2.47. The van der Waals surface area contributed by atoms with Crippen molar-refractivity contribution in [3.05, 3.63) is 52.3 Å². The first-order valence-electron chi connectivity index (χ1n) is 11.5. The molecule has 1 aliphatic rings. The number of aromatic amines is 1. The highest BCUT2D eigenvalue weighted by Crippen LogP contribution is 2.21. The number of nitrogens with zero attached hydrogens (tertiary/aromatic N) is 2. The van der Waals surface area contributed by atoms with Gasteiger partial charge in [-0.25, -0.2) is 4.79 Å². The Bertz CT molecular complexity index is 1010. The van der Waals surface area contributed by atoms with Crippen molar-refractivity contribution in [3.8, 4) is 5.75 Å². The number of ether oxygens (including phenoxy) is 3. The molecule has 9 nitrogen and oxygen atoms in total. The largest absolute Gasteiger partial charge is 0.497 e. The number of hydrogen-bond donors (Lipinski definition) is 1. The lowest BCUT2D eigenvalue weighted by atomic mass is 10.0. The molecule has 1 amide bonds. The number of benzene rings is 1. The summed E-state index contributed by atoms with van der Waals surface area (Å²) >= 11 is 0.